The van der Waals surface area contributed by atoms with Gasteiger partial charge in [0, 0.05) is 24.0 Å². The zero-order valence-corrected chi connectivity index (χ0v) is 14.2. The van der Waals surface area contributed by atoms with Gasteiger partial charge in [-0.05, 0) is 29.9 Å². The summed E-state index contributed by atoms with van der Waals surface area (Å²) in [7, 11) is 0. The molecule has 0 aromatic carbocycles. The molecule has 3 N–H and O–H groups in total. The van der Waals surface area contributed by atoms with Crippen LogP contribution in [0.4, 0.5) is 0 Å². The largest absolute Gasteiger partial charge is 0.365 e. The number of fused-ring (bicyclic) bond motifs is 1. The topological polar surface area (TPSA) is 105 Å². The van der Waals surface area contributed by atoms with Gasteiger partial charge in [0.2, 0.25) is 0 Å². The number of aromatic amines is 1. The molecule has 1 aliphatic carbocycles. The summed E-state index contributed by atoms with van der Waals surface area (Å²) in [6, 6.07) is 4.19. The van der Waals surface area contributed by atoms with Gasteiger partial charge < -0.3 is 15.3 Å². The molecule has 0 spiro atoms. The van der Waals surface area contributed by atoms with Crippen molar-refractivity contribution in [1.82, 2.24) is 9.55 Å². The Labute approximate surface area is 154 Å². The van der Waals surface area contributed by atoms with Crippen LogP contribution < -0.4 is 11.3 Å². The third-order valence-electron chi connectivity index (χ3n) is 4.85. The molecule has 0 saturated heterocycles. The fraction of sp³-hybridized carbons (Fsp3) is 0.316. The van der Waals surface area contributed by atoms with Gasteiger partial charge in [-0.3, -0.25) is 9.59 Å². The Morgan fingerprint density at radius 1 is 1.38 bits per heavy atom. The van der Waals surface area contributed by atoms with E-state index in [9.17, 15) is 14.9 Å². The number of amides is 1. The number of carbonyl (C=O) groups is 1. The number of H-pyrrole nitrogens is 1. The van der Waals surface area contributed by atoms with Gasteiger partial charge in [0.1, 0.15) is 6.07 Å². The van der Waals surface area contributed by atoms with Gasteiger partial charge in [-0.15, -0.1) is 11.3 Å². The third-order valence-corrected chi connectivity index (χ3v) is 5.80. The number of hydrogen-bond acceptors (Lipinski definition) is 4. The summed E-state index contributed by atoms with van der Waals surface area (Å²) >= 11 is 1.26. The van der Waals surface area contributed by atoms with E-state index in [1.54, 1.807) is 6.07 Å². The number of carbonyl (C=O) groups excluding carboxylic acids is 1. The van der Waals surface area contributed by atoms with Crippen LogP contribution in [0.2, 0.25) is 0 Å². The van der Waals surface area contributed by atoms with Crippen molar-refractivity contribution in [1.29, 1.82) is 5.26 Å². The van der Waals surface area contributed by atoms with Gasteiger partial charge in [0.05, 0.1) is 21.3 Å². The summed E-state index contributed by atoms with van der Waals surface area (Å²) in [6.07, 6.45) is 7.80. The minimum atomic E-state index is -0.484. The average molecular weight is 368 g/mol. The number of thiophene rings is 1. The van der Waals surface area contributed by atoms with E-state index in [-0.39, 0.29) is 13.0 Å². The van der Waals surface area contributed by atoms with Gasteiger partial charge in [0.15, 0.2) is 0 Å². The Balaban J connectivity index is 0.00000196. The van der Waals surface area contributed by atoms with E-state index in [1.165, 1.54) is 17.5 Å². The molecule has 1 amide bonds. The van der Waals surface area contributed by atoms with E-state index >= 15 is 0 Å². The molecule has 0 bridgehead atoms. The zero-order chi connectivity index (χ0) is 17.6. The lowest BCUT2D eigenvalue weighted by Gasteiger charge is -2.13. The Morgan fingerprint density at radius 3 is 2.73 bits per heavy atom. The summed E-state index contributed by atoms with van der Waals surface area (Å²) in [6.45, 7) is 0. The van der Waals surface area contributed by atoms with Crippen LogP contribution in [0.25, 0.3) is 22.0 Å². The molecule has 0 aliphatic heterocycles. The Kier molecular flexibility index (Phi) is 4.70. The van der Waals surface area contributed by atoms with Crippen LogP contribution in [0.1, 0.15) is 54.4 Å². The highest BCUT2D eigenvalue weighted by Crippen LogP contribution is 2.38. The first-order valence-electron chi connectivity index (χ1n) is 8.15. The second-order valence-electron chi connectivity index (χ2n) is 6.32. The first-order valence-corrected chi connectivity index (χ1v) is 9.03. The maximum Gasteiger partial charge on any atom is 0.258 e. The molecule has 6 nitrogen and oxygen atoms in total. The molecule has 0 radical (unpaired) electrons. The van der Waals surface area contributed by atoms with Crippen molar-refractivity contribution in [3.63, 3.8) is 0 Å². The Bertz CT molecular complexity index is 1080. The average Bonchev–Trinajstić information content (AvgIpc) is 3.33. The van der Waals surface area contributed by atoms with Gasteiger partial charge in [-0.2, -0.15) is 5.26 Å². The number of nitrogens with one attached hydrogen (secondary N) is 1. The number of nitrogens with zero attached hydrogens (tertiary/aromatic N) is 2. The van der Waals surface area contributed by atoms with Crippen molar-refractivity contribution >= 4 is 28.1 Å². The first-order chi connectivity index (χ1) is 12.1. The van der Waals surface area contributed by atoms with Gasteiger partial charge in [0.25, 0.3) is 11.5 Å². The molecular weight excluding hydrogens is 348 g/mol. The van der Waals surface area contributed by atoms with Crippen molar-refractivity contribution in [2.45, 2.75) is 39.2 Å². The van der Waals surface area contributed by atoms with E-state index in [1.807, 2.05) is 11.6 Å². The number of hydrogen-bond donors (Lipinski definition) is 2. The molecule has 3 aromatic heterocycles. The minimum Gasteiger partial charge on any atom is -0.365 e. The highest BCUT2D eigenvalue weighted by molar-refractivity contribution is 7.12. The van der Waals surface area contributed by atoms with Crippen LogP contribution in [0.5, 0.6) is 0 Å². The van der Waals surface area contributed by atoms with E-state index < -0.39 is 5.91 Å². The number of nitrogens with two attached hydrogens (primary N) is 1. The summed E-state index contributed by atoms with van der Waals surface area (Å²) in [5, 5.41) is 11.8. The lowest BCUT2D eigenvalue weighted by molar-refractivity contribution is 0.100. The van der Waals surface area contributed by atoms with Gasteiger partial charge in [-0.25, -0.2) is 0 Å². The van der Waals surface area contributed by atoms with Crippen molar-refractivity contribution in [3.05, 3.63) is 44.6 Å². The van der Waals surface area contributed by atoms with Crippen LogP contribution in [0, 0.1) is 11.3 Å². The predicted molar refractivity (Wildman–Crippen MR) is 103 cm³/mol. The maximum absolute atomic E-state index is 12.5. The number of rotatable bonds is 3. The van der Waals surface area contributed by atoms with Crippen molar-refractivity contribution in [2.24, 2.45) is 5.73 Å². The molecule has 3 heterocycles. The van der Waals surface area contributed by atoms with Crippen LogP contribution in [-0.4, -0.2) is 15.5 Å². The molecule has 4 rings (SSSR count). The van der Waals surface area contributed by atoms with E-state index in [0.29, 0.717) is 27.4 Å². The second-order valence-corrected chi connectivity index (χ2v) is 7.23. The van der Waals surface area contributed by atoms with E-state index in [0.717, 1.165) is 36.8 Å². The molecule has 1 aliphatic rings. The fourth-order valence-electron chi connectivity index (χ4n) is 3.69. The summed E-state index contributed by atoms with van der Waals surface area (Å²) in [5.41, 5.74) is 7.78. The molecule has 0 atom stereocenters. The lowest BCUT2D eigenvalue weighted by atomic mass is 10.1. The molecule has 134 valence electrons. The van der Waals surface area contributed by atoms with Crippen molar-refractivity contribution in [3.8, 4) is 17.2 Å². The van der Waals surface area contributed by atoms with Crippen molar-refractivity contribution in [2.75, 3.05) is 0 Å². The SMILES string of the molecule is C.N#Cc1c[nH]c(=O)c2c(-c3csc(C(N)=O)c3)cn(C3CCCC3)c12. The monoisotopic (exact) mass is 368 g/mol. The fourth-order valence-corrected chi connectivity index (χ4v) is 4.45. The standard InChI is InChI=1S/C18H16N4O2S.CH4/c19-6-11-7-21-18(24)15-13(10-5-14(17(20)23)25-9-10)8-22(16(11)15)12-3-1-2-4-12;/h5,7-9,12H,1-4H2,(H2,20,23)(H,21,24);1H4. The van der Waals surface area contributed by atoms with Crippen LogP contribution in [0.3, 0.4) is 0 Å². The molecule has 26 heavy (non-hydrogen) atoms. The third kappa shape index (κ3) is 2.72. The Hall–Kier alpha value is -2.85. The normalized spacial score (nSPS) is 14.3. The molecule has 0 unspecified atom stereocenters. The number of pyridine rings is 1. The first kappa shape index (κ1) is 18.0. The highest BCUT2D eigenvalue weighted by Gasteiger charge is 2.24. The van der Waals surface area contributed by atoms with E-state index in [4.69, 9.17) is 5.73 Å². The van der Waals surface area contributed by atoms with Crippen LogP contribution in [0.15, 0.2) is 28.6 Å². The summed E-state index contributed by atoms with van der Waals surface area (Å²) in [4.78, 5) is 27.1. The predicted octanol–water partition coefficient (Wildman–Crippen LogP) is 3.78. The molecule has 7 heteroatoms. The molecular formula is C19H20N4O2S. The van der Waals surface area contributed by atoms with Gasteiger partial charge in [-0.1, -0.05) is 20.3 Å². The smallest absolute Gasteiger partial charge is 0.258 e. The summed E-state index contributed by atoms with van der Waals surface area (Å²) < 4.78 is 2.08. The van der Waals surface area contributed by atoms with Gasteiger partial charge >= 0.3 is 0 Å². The molecule has 1 fully saturated rings. The number of nitriles is 1. The summed E-state index contributed by atoms with van der Waals surface area (Å²) in [5.74, 6) is -0.484. The van der Waals surface area contributed by atoms with Crippen LogP contribution >= 0.6 is 11.3 Å². The number of aromatic nitrogens is 2. The van der Waals surface area contributed by atoms with Crippen LogP contribution in [-0.2, 0) is 0 Å². The molecule has 3 aromatic rings. The second kappa shape index (κ2) is 6.81. The molecule has 1 saturated carbocycles. The maximum atomic E-state index is 12.5. The quantitative estimate of drug-likeness (QED) is 0.735. The number of primary amides is 1. The van der Waals surface area contributed by atoms with E-state index in [2.05, 4.69) is 15.6 Å². The van der Waals surface area contributed by atoms with Crippen molar-refractivity contribution < 1.29 is 4.79 Å². The zero-order valence-electron chi connectivity index (χ0n) is 13.4. The minimum absolute atomic E-state index is 0. The highest BCUT2D eigenvalue weighted by atomic mass is 32.1. The Morgan fingerprint density at radius 2 is 2.12 bits per heavy atom. The lowest BCUT2D eigenvalue weighted by Crippen LogP contribution is -2.09.